The van der Waals surface area contributed by atoms with Crippen LogP contribution in [0.1, 0.15) is 19.4 Å². The Morgan fingerprint density at radius 3 is 2.57 bits per heavy atom. The van der Waals surface area contributed by atoms with E-state index in [-0.39, 0.29) is 5.92 Å². The normalized spacial score (nSPS) is 15.9. The lowest BCUT2D eigenvalue weighted by atomic mass is 10.0. The second-order valence-electron chi connectivity index (χ2n) is 5.65. The van der Waals surface area contributed by atoms with Crippen LogP contribution in [0.25, 0.3) is 0 Å². The largest absolute Gasteiger partial charge is 0.480 e. The van der Waals surface area contributed by atoms with Crippen LogP contribution in [-0.4, -0.2) is 38.3 Å². The summed E-state index contributed by atoms with van der Waals surface area (Å²) in [7, 11) is -3.35. The fourth-order valence-corrected chi connectivity index (χ4v) is 3.41. The molecule has 1 aromatic carbocycles. The van der Waals surface area contributed by atoms with E-state index >= 15 is 0 Å². The van der Waals surface area contributed by atoms with Gasteiger partial charge in [-0.2, -0.15) is 0 Å². The Balaban J connectivity index is 2.41. The number of carbonyl (C=O) groups is 1. The highest BCUT2D eigenvalue weighted by atomic mass is 32.2. The van der Waals surface area contributed by atoms with Gasteiger partial charge in [-0.25, -0.2) is 13.2 Å². The minimum absolute atomic E-state index is 0.0417. The van der Waals surface area contributed by atoms with E-state index in [9.17, 15) is 18.3 Å². The summed E-state index contributed by atoms with van der Waals surface area (Å²) in [5, 5.41) is 9.43. The van der Waals surface area contributed by atoms with Gasteiger partial charge in [0.2, 0.25) is 10.0 Å². The fraction of sp³-hybridized carbons (Fsp3) is 0.500. The predicted molar refractivity (Wildman–Crippen MR) is 82.2 cm³/mol. The summed E-state index contributed by atoms with van der Waals surface area (Å²) < 4.78 is 25.3. The van der Waals surface area contributed by atoms with Crippen LogP contribution in [0, 0.1) is 5.92 Å². The standard InChI is InChI=1S/C14H20N2O4S/c1-9(2)13(14(17)18)16-8-7-10-11(15-21(3,19)20)5-4-6-12(10)16/h4-6,9,13,15H,7-8H2,1-3H3,(H,17,18). The zero-order valence-corrected chi connectivity index (χ0v) is 13.1. The van der Waals surface area contributed by atoms with Crippen molar-refractivity contribution in [3.63, 3.8) is 0 Å². The van der Waals surface area contributed by atoms with Crippen molar-refractivity contribution >= 4 is 27.4 Å². The van der Waals surface area contributed by atoms with Gasteiger partial charge in [-0.15, -0.1) is 0 Å². The first-order valence-corrected chi connectivity index (χ1v) is 8.69. The lowest BCUT2D eigenvalue weighted by molar-refractivity contribution is -0.139. The number of sulfonamides is 1. The lowest BCUT2D eigenvalue weighted by Gasteiger charge is -2.30. The molecule has 7 heteroatoms. The smallest absolute Gasteiger partial charge is 0.326 e. The minimum Gasteiger partial charge on any atom is -0.480 e. The van der Waals surface area contributed by atoms with Gasteiger partial charge in [0, 0.05) is 17.8 Å². The van der Waals surface area contributed by atoms with Gasteiger partial charge in [0.1, 0.15) is 6.04 Å². The van der Waals surface area contributed by atoms with E-state index in [2.05, 4.69) is 4.72 Å². The third kappa shape index (κ3) is 3.29. The molecule has 0 aromatic heterocycles. The molecule has 2 rings (SSSR count). The molecule has 6 nitrogen and oxygen atoms in total. The van der Waals surface area contributed by atoms with E-state index in [0.29, 0.717) is 18.7 Å². The van der Waals surface area contributed by atoms with Gasteiger partial charge in [0.25, 0.3) is 0 Å². The van der Waals surface area contributed by atoms with Crippen molar-refractivity contribution < 1.29 is 18.3 Å². The molecule has 0 spiro atoms. The maximum Gasteiger partial charge on any atom is 0.326 e. The van der Waals surface area contributed by atoms with Crippen molar-refractivity contribution in [1.29, 1.82) is 0 Å². The number of aliphatic carboxylic acids is 1. The van der Waals surface area contributed by atoms with Gasteiger partial charge in [-0.3, -0.25) is 4.72 Å². The SMILES string of the molecule is CC(C)C(C(=O)O)N1CCc2c(NS(C)(=O)=O)cccc21. The average Bonchev–Trinajstić information content (AvgIpc) is 2.71. The number of hydrogen-bond acceptors (Lipinski definition) is 4. The van der Waals surface area contributed by atoms with Crippen LogP contribution in [-0.2, 0) is 21.2 Å². The summed E-state index contributed by atoms with van der Waals surface area (Å²) >= 11 is 0. The van der Waals surface area contributed by atoms with Crippen LogP contribution >= 0.6 is 0 Å². The Bertz CT molecular complexity index is 655. The molecule has 1 aliphatic heterocycles. The molecule has 0 fully saturated rings. The maximum absolute atomic E-state index is 11.5. The summed E-state index contributed by atoms with van der Waals surface area (Å²) in [6.07, 6.45) is 1.73. The second kappa shape index (κ2) is 5.55. The Hall–Kier alpha value is -1.76. The van der Waals surface area contributed by atoms with Crippen LogP contribution in [0.5, 0.6) is 0 Å². The summed E-state index contributed by atoms with van der Waals surface area (Å²) in [6.45, 7) is 4.32. The Kier molecular flexibility index (Phi) is 4.13. The van der Waals surface area contributed by atoms with Crippen molar-refractivity contribution in [3.05, 3.63) is 23.8 Å². The number of nitrogens with one attached hydrogen (secondary N) is 1. The molecule has 1 aromatic rings. The highest BCUT2D eigenvalue weighted by molar-refractivity contribution is 7.92. The summed E-state index contributed by atoms with van der Waals surface area (Å²) in [4.78, 5) is 13.3. The van der Waals surface area contributed by atoms with E-state index in [4.69, 9.17) is 0 Å². The molecule has 2 N–H and O–H groups in total. The molecule has 1 aliphatic rings. The average molecular weight is 312 g/mol. The molecular formula is C14H20N2O4S. The Labute approximate surface area is 124 Å². The van der Waals surface area contributed by atoms with E-state index in [1.807, 2.05) is 24.8 Å². The molecular weight excluding hydrogens is 292 g/mol. The third-order valence-corrected chi connectivity index (χ3v) is 4.17. The van der Waals surface area contributed by atoms with E-state index < -0.39 is 22.0 Å². The Morgan fingerprint density at radius 1 is 1.38 bits per heavy atom. The molecule has 0 bridgehead atoms. The molecule has 0 aliphatic carbocycles. The van der Waals surface area contributed by atoms with Crippen LogP contribution in [0.15, 0.2) is 18.2 Å². The van der Waals surface area contributed by atoms with Crippen molar-refractivity contribution in [3.8, 4) is 0 Å². The number of rotatable bonds is 5. The molecule has 1 atom stereocenters. The summed E-state index contributed by atoms with van der Waals surface area (Å²) in [5.41, 5.74) is 2.19. The molecule has 0 saturated heterocycles. The topological polar surface area (TPSA) is 86.7 Å². The van der Waals surface area contributed by atoms with Crippen LogP contribution in [0.3, 0.4) is 0 Å². The predicted octanol–water partition coefficient (Wildman–Crippen LogP) is 1.53. The zero-order valence-electron chi connectivity index (χ0n) is 12.3. The molecule has 116 valence electrons. The summed E-state index contributed by atoms with van der Waals surface area (Å²) in [6, 6.07) is 4.67. The van der Waals surface area contributed by atoms with Gasteiger partial charge < -0.3 is 10.0 Å². The van der Waals surface area contributed by atoms with Crippen molar-refractivity contribution in [2.75, 3.05) is 22.4 Å². The highest BCUT2D eigenvalue weighted by Crippen LogP contribution is 2.36. The van der Waals surface area contributed by atoms with E-state index in [1.165, 1.54) is 0 Å². The third-order valence-electron chi connectivity index (χ3n) is 3.58. The molecule has 1 heterocycles. The molecule has 21 heavy (non-hydrogen) atoms. The van der Waals surface area contributed by atoms with Crippen LogP contribution in [0.2, 0.25) is 0 Å². The zero-order chi connectivity index (χ0) is 15.8. The number of carboxylic acid groups (broad SMARTS) is 1. The molecule has 0 amide bonds. The van der Waals surface area contributed by atoms with Gasteiger partial charge >= 0.3 is 5.97 Å². The number of anilines is 2. The first-order valence-electron chi connectivity index (χ1n) is 6.80. The molecule has 0 saturated carbocycles. The fourth-order valence-electron chi connectivity index (χ4n) is 2.82. The van der Waals surface area contributed by atoms with Gasteiger partial charge in [-0.1, -0.05) is 19.9 Å². The Morgan fingerprint density at radius 2 is 2.05 bits per heavy atom. The molecule has 1 unspecified atom stereocenters. The number of hydrogen-bond donors (Lipinski definition) is 2. The second-order valence-corrected chi connectivity index (χ2v) is 7.40. The van der Waals surface area contributed by atoms with Crippen LogP contribution in [0.4, 0.5) is 11.4 Å². The first-order chi connectivity index (χ1) is 9.70. The van der Waals surface area contributed by atoms with Crippen molar-refractivity contribution in [2.24, 2.45) is 5.92 Å². The number of carboxylic acids is 1. The highest BCUT2D eigenvalue weighted by Gasteiger charge is 2.34. The number of benzene rings is 1. The number of fused-ring (bicyclic) bond motifs is 1. The minimum atomic E-state index is -3.35. The molecule has 0 radical (unpaired) electrons. The monoisotopic (exact) mass is 312 g/mol. The van der Waals surface area contributed by atoms with Crippen molar-refractivity contribution in [2.45, 2.75) is 26.3 Å². The lowest BCUT2D eigenvalue weighted by Crippen LogP contribution is -2.44. The van der Waals surface area contributed by atoms with Crippen molar-refractivity contribution in [1.82, 2.24) is 0 Å². The van der Waals surface area contributed by atoms with Gasteiger partial charge in [0.15, 0.2) is 0 Å². The van der Waals surface area contributed by atoms with E-state index in [0.717, 1.165) is 17.5 Å². The quantitative estimate of drug-likeness (QED) is 0.861. The van der Waals surface area contributed by atoms with Crippen LogP contribution < -0.4 is 9.62 Å². The number of nitrogens with zero attached hydrogens (tertiary/aromatic N) is 1. The van der Waals surface area contributed by atoms with E-state index in [1.54, 1.807) is 12.1 Å². The maximum atomic E-state index is 11.5. The van der Waals surface area contributed by atoms with Gasteiger partial charge in [0.05, 0.1) is 11.9 Å². The summed E-state index contributed by atoms with van der Waals surface area (Å²) in [5.74, 6) is -0.903. The first kappa shape index (κ1) is 15.6. The van der Waals surface area contributed by atoms with Gasteiger partial charge in [-0.05, 0) is 24.5 Å².